The summed E-state index contributed by atoms with van der Waals surface area (Å²) < 4.78 is 4.03. The van der Waals surface area contributed by atoms with E-state index in [0.29, 0.717) is 16.9 Å². The number of hydrogen-bond donors (Lipinski definition) is 0. The van der Waals surface area contributed by atoms with Crippen molar-refractivity contribution < 1.29 is 4.79 Å². The minimum atomic E-state index is -0.250. The van der Waals surface area contributed by atoms with Crippen LogP contribution in [-0.4, -0.2) is 10.5 Å². The monoisotopic (exact) mass is 422 g/mol. The van der Waals surface area contributed by atoms with Crippen molar-refractivity contribution in [1.82, 2.24) is 4.57 Å². The van der Waals surface area contributed by atoms with Gasteiger partial charge in [0.2, 0.25) is 0 Å². The number of benzene rings is 3. The van der Waals surface area contributed by atoms with Crippen molar-refractivity contribution >= 4 is 54.2 Å². The van der Waals surface area contributed by atoms with Crippen molar-refractivity contribution in [2.75, 3.05) is 0 Å². The lowest BCUT2D eigenvalue weighted by molar-refractivity contribution is 0.0998. The van der Waals surface area contributed by atoms with Crippen LogP contribution in [0.15, 0.2) is 82.8 Å². The fourth-order valence-electron chi connectivity index (χ4n) is 2.96. The highest BCUT2D eigenvalue weighted by atomic mass is 79.9. The third kappa shape index (κ3) is 3.04. The summed E-state index contributed by atoms with van der Waals surface area (Å²) in [6.45, 7) is 4.45. The molecule has 0 bridgehead atoms. The Bertz CT molecular complexity index is 1220. The Hall–Kier alpha value is -2.50. The summed E-state index contributed by atoms with van der Waals surface area (Å²) in [5.74, 6) is -0.250. The van der Waals surface area contributed by atoms with E-state index in [4.69, 9.17) is 0 Å². The van der Waals surface area contributed by atoms with Gasteiger partial charge in [0.15, 0.2) is 4.80 Å². The predicted molar refractivity (Wildman–Crippen MR) is 112 cm³/mol. The van der Waals surface area contributed by atoms with E-state index >= 15 is 0 Å². The quantitative estimate of drug-likeness (QED) is 0.398. The maximum absolute atomic E-state index is 12.6. The Kier molecular flexibility index (Phi) is 4.57. The molecule has 0 radical (unpaired) electrons. The molecule has 1 aromatic heterocycles. The summed E-state index contributed by atoms with van der Waals surface area (Å²) in [6.07, 6.45) is 1.82. The maximum atomic E-state index is 12.6. The van der Waals surface area contributed by atoms with E-state index in [-0.39, 0.29) is 5.91 Å². The summed E-state index contributed by atoms with van der Waals surface area (Å²) in [6, 6.07) is 19.7. The number of nitrogens with zero attached hydrogens (tertiary/aromatic N) is 2. The molecular formula is C21H15BrN2OS. The number of halogens is 1. The Morgan fingerprint density at radius 3 is 2.81 bits per heavy atom. The molecule has 4 aromatic rings. The standard InChI is InChI=1S/C21H15BrN2OS/c1-2-12-24-18-11-10-14-6-3-4-9-17(14)19(18)26-21(24)23-20(25)15-7-5-8-16(22)13-15/h2-11,13H,1,12H2. The summed E-state index contributed by atoms with van der Waals surface area (Å²) in [7, 11) is 0. The minimum absolute atomic E-state index is 0.250. The van der Waals surface area contributed by atoms with Crippen LogP contribution in [0.4, 0.5) is 0 Å². The molecule has 26 heavy (non-hydrogen) atoms. The molecule has 128 valence electrons. The topological polar surface area (TPSA) is 34.4 Å². The molecule has 4 rings (SSSR count). The number of rotatable bonds is 3. The molecule has 3 aromatic carbocycles. The largest absolute Gasteiger partial charge is 0.312 e. The minimum Gasteiger partial charge on any atom is -0.312 e. The Morgan fingerprint density at radius 1 is 1.15 bits per heavy atom. The number of thiazole rings is 1. The summed E-state index contributed by atoms with van der Waals surface area (Å²) in [5.41, 5.74) is 1.63. The molecule has 0 aliphatic heterocycles. The molecule has 0 fully saturated rings. The lowest BCUT2D eigenvalue weighted by Crippen LogP contribution is -2.16. The van der Waals surface area contributed by atoms with Gasteiger partial charge in [-0.15, -0.1) is 6.58 Å². The van der Waals surface area contributed by atoms with Crippen LogP contribution < -0.4 is 4.80 Å². The van der Waals surface area contributed by atoms with Crippen LogP contribution >= 0.6 is 27.3 Å². The van der Waals surface area contributed by atoms with Crippen LogP contribution in [0.25, 0.3) is 21.0 Å². The lowest BCUT2D eigenvalue weighted by Gasteiger charge is -2.03. The zero-order chi connectivity index (χ0) is 18.1. The highest BCUT2D eigenvalue weighted by Crippen LogP contribution is 2.27. The fourth-order valence-corrected chi connectivity index (χ4v) is 4.53. The first-order valence-electron chi connectivity index (χ1n) is 8.14. The van der Waals surface area contributed by atoms with E-state index in [1.807, 2.05) is 34.9 Å². The molecule has 0 saturated heterocycles. The smallest absolute Gasteiger partial charge is 0.279 e. The molecule has 3 nitrogen and oxygen atoms in total. The van der Waals surface area contributed by atoms with Crippen molar-refractivity contribution in [2.45, 2.75) is 6.54 Å². The van der Waals surface area contributed by atoms with Crippen molar-refractivity contribution in [2.24, 2.45) is 4.99 Å². The van der Waals surface area contributed by atoms with Gasteiger partial charge in [0.05, 0.1) is 10.2 Å². The fraction of sp³-hybridized carbons (Fsp3) is 0.0476. The van der Waals surface area contributed by atoms with Crippen LogP contribution in [0.1, 0.15) is 10.4 Å². The Morgan fingerprint density at radius 2 is 2.00 bits per heavy atom. The molecule has 0 atom stereocenters. The van der Waals surface area contributed by atoms with E-state index in [1.165, 1.54) is 22.1 Å². The average Bonchev–Trinajstić information content (AvgIpc) is 3.00. The molecule has 0 aliphatic carbocycles. The Balaban J connectivity index is 1.96. The molecule has 1 amide bonds. The number of hydrogen-bond acceptors (Lipinski definition) is 2. The van der Waals surface area contributed by atoms with Gasteiger partial charge in [0.1, 0.15) is 0 Å². The van der Waals surface area contributed by atoms with Gasteiger partial charge in [-0.25, -0.2) is 0 Å². The number of carbonyl (C=O) groups is 1. The predicted octanol–water partition coefficient (Wildman–Crippen LogP) is 5.55. The van der Waals surface area contributed by atoms with Gasteiger partial charge in [-0.05, 0) is 29.7 Å². The van der Waals surface area contributed by atoms with Crippen molar-refractivity contribution in [3.8, 4) is 0 Å². The van der Waals surface area contributed by atoms with Crippen molar-refractivity contribution in [3.05, 3.63) is 88.2 Å². The van der Waals surface area contributed by atoms with Gasteiger partial charge in [0, 0.05) is 22.0 Å². The number of allylic oxidation sites excluding steroid dienone is 1. The number of aromatic nitrogens is 1. The maximum Gasteiger partial charge on any atom is 0.279 e. The van der Waals surface area contributed by atoms with Gasteiger partial charge in [-0.2, -0.15) is 4.99 Å². The first kappa shape index (κ1) is 16.9. The molecule has 0 unspecified atom stereocenters. The van der Waals surface area contributed by atoms with Gasteiger partial charge in [-0.1, -0.05) is 69.7 Å². The molecule has 1 heterocycles. The number of amides is 1. The molecule has 0 aliphatic rings. The first-order chi connectivity index (χ1) is 12.7. The second-order valence-corrected chi connectivity index (χ2v) is 7.74. The average molecular weight is 423 g/mol. The number of fused-ring (bicyclic) bond motifs is 3. The second kappa shape index (κ2) is 7.02. The van der Waals surface area contributed by atoms with Crippen LogP contribution in [0, 0.1) is 0 Å². The van der Waals surface area contributed by atoms with E-state index in [9.17, 15) is 4.79 Å². The van der Waals surface area contributed by atoms with Crippen LogP contribution in [0.2, 0.25) is 0 Å². The molecule has 0 saturated carbocycles. The molecule has 0 N–H and O–H groups in total. The third-order valence-corrected chi connectivity index (χ3v) is 5.77. The van der Waals surface area contributed by atoms with Crippen molar-refractivity contribution in [1.29, 1.82) is 0 Å². The SMILES string of the molecule is C=CCn1c(=NC(=O)c2cccc(Br)c2)sc2c3ccccc3ccc21. The third-order valence-electron chi connectivity index (χ3n) is 4.15. The van der Waals surface area contributed by atoms with Gasteiger partial charge >= 0.3 is 0 Å². The van der Waals surface area contributed by atoms with E-state index in [2.05, 4.69) is 51.8 Å². The summed E-state index contributed by atoms with van der Waals surface area (Å²) >= 11 is 4.94. The summed E-state index contributed by atoms with van der Waals surface area (Å²) in [4.78, 5) is 17.7. The Labute approximate surface area is 163 Å². The van der Waals surface area contributed by atoms with E-state index in [0.717, 1.165) is 14.7 Å². The summed E-state index contributed by atoms with van der Waals surface area (Å²) in [5, 5.41) is 2.35. The van der Waals surface area contributed by atoms with Crippen molar-refractivity contribution in [3.63, 3.8) is 0 Å². The highest BCUT2D eigenvalue weighted by molar-refractivity contribution is 9.10. The molecule has 0 spiro atoms. The van der Waals surface area contributed by atoms with Gasteiger partial charge in [0.25, 0.3) is 5.91 Å². The highest BCUT2D eigenvalue weighted by Gasteiger charge is 2.11. The van der Waals surface area contributed by atoms with Crippen LogP contribution in [-0.2, 0) is 6.54 Å². The normalized spacial score (nSPS) is 12.0. The zero-order valence-corrected chi connectivity index (χ0v) is 16.3. The molecular weight excluding hydrogens is 408 g/mol. The second-order valence-electron chi connectivity index (χ2n) is 5.85. The molecule has 5 heteroatoms. The van der Waals surface area contributed by atoms with E-state index in [1.54, 1.807) is 12.1 Å². The zero-order valence-electron chi connectivity index (χ0n) is 13.9. The van der Waals surface area contributed by atoms with Gasteiger partial charge in [-0.3, -0.25) is 4.79 Å². The van der Waals surface area contributed by atoms with Crippen LogP contribution in [0.5, 0.6) is 0 Å². The first-order valence-corrected chi connectivity index (χ1v) is 9.75. The lowest BCUT2D eigenvalue weighted by atomic mass is 10.1. The van der Waals surface area contributed by atoms with E-state index < -0.39 is 0 Å². The van der Waals surface area contributed by atoms with Gasteiger partial charge < -0.3 is 4.57 Å². The number of carbonyl (C=O) groups excluding carboxylic acids is 1. The van der Waals surface area contributed by atoms with Crippen LogP contribution in [0.3, 0.4) is 0 Å².